The van der Waals surface area contributed by atoms with Gasteiger partial charge < -0.3 is 9.84 Å². The van der Waals surface area contributed by atoms with Gasteiger partial charge in [-0.05, 0) is 11.1 Å². The van der Waals surface area contributed by atoms with Crippen LogP contribution in [-0.4, -0.2) is 23.7 Å². The normalized spacial score (nSPS) is 9.22. The number of hydrogen-bond donors (Lipinski definition) is 1. The van der Waals surface area contributed by atoms with Gasteiger partial charge in [-0.15, -0.1) is 0 Å². The number of carboxylic acid groups (broad SMARTS) is 1. The Balaban J connectivity index is 0.000000238. The van der Waals surface area contributed by atoms with E-state index >= 15 is 0 Å². The molecule has 0 atom stereocenters. The Morgan fingerprint density at radius 1 is 0.913 bits per heavy atom. The van der Waals surface area contributed by atoms with Crippen molar-refractivity contribution in [3.05, 3.63) is 84.4 Å². The molecule has 0 radical (unpaired) electrons. The molecular formula is C19H20O4. The molecule has 0 spiro atoms. The van der Waals surface area contributed by atoms with Gasteiger partial charge in [-0.1, -0.05) is 73.3 Å². The number of carboxylic acids is 1. The van der Waals surface area contributed by atoms with Crippen molar-refractivity contribution in [2.24, 2.45) is 0 Å². The predicted molar refractivity (Wildman–Crippen MR) is 89.1 cm³/mol. The highest BCUT2D eigenvalue weighted by Gasteiger charge is 2.02. The van der Waals surface area contributed by atoms with E-state index in [2.05, 4.69) is 6.58 Å². The van der Waals surface area contributed by atoms with Crippen LogP contribution in [0.1, 0.15) is 11.1 Å². The third-order valence-corrected chi connectivity index (χ3v) is 2.75. The van der Waals surface area contributed by atoms with Crippen molar-refractivity contribution in [3.63, 3.8) is 0 Å². The third-order valence-electron chi connectivity index (χ3n) is 2.75. The van der Waals surface area contributed by atoms with Crippen molar-refractivity contribution in [1.29, 1.82) is 0 Å². The first kappa shape index (κ1) is 18.2. The fourth-order valence-electron chi connectivity index (χ4n) is 1.74. The molecule has 2 rings (SSSR count). The minimum atomic E-state index is -0.786. The quantitative estimate of drug-likeness (QED) is 0.657. The molecule has 0 saturated carbocycles. The van der Waals surface area contributed by atoms with Crippen LogP contribution in [0.5, 0.6) is 0 Å². The van der Waals surface area contributed by atoms with E-state index in [1.807, 2.05) is 48.5 Å². The van der Waals surface area contributed by atoms with Gasteiger partial charge in [0, 0.05) is 0 Å². The van der Waals surface area contributed by atoms with E-state index in [1.54, 1.807) is 18.2 Å². The molecule has 0 bridgehead atoms. The summed E-state index contributed by atoms with van der Waals surface area (Å²) in [5.74, 6) is -1.00. The van der Waals surface area contributed by atoms with Crippen LogP contribution in [0.15, 0.2) is 73.3 Å². The molecule has 2 aromatic carbocycles. The molecule has 0 aliphatic carbocycles. The molecule has 0 heterocycles. The summed E-state index contributed by atoms with van der Waals surface area (Å²) in [6, 6.07) is 18.6. The number of rotatable bonds is 6. The van der Waals surface area contributed by atoms with E-state index in [1.165, 1.54) is 0 Å². The first-order valence-electron chi connectivity index (χ1n) is 7.18. The SMILES string of the molecule is C=CCOC(=O)Cc1ccccc1.O=C(O)Cc1ccccc1. The van der Waals surface area contributed by atoms with Crippen LogP contribution in [0.3, 0.4) is 0 Å². The standard InChI is InChI=1S/C11H12O2.C8H8O2/c1-2-8-13-11(12)9-10-6-4-3-5-7-10;9-8(10)6-7-4-2-1-3-5-7/h2-7H,1,8-9H2;1-5H,6H2,(H,9,10). The number of hydrogen-bond acceptors (Lipinski definition) is 3. The summed E-state index contributed by atoms with van der Waals surface area (Å²) < 4.78 is 4.84. The van der Waals surface area contributed by atoms with Crippen LogP contribution in [0, 0.1) is 0 Å². The molecule has 0 aromatic heterocycles. The summed E-state index contributed by atoms with van der Waals surface area (Å²) in [6.07, 6.45) is 2.00. The highest BCUT2D eigenvalue weighted by Crippen LogP contribution is 2.00. The maximum absolute atomic E-state index is 11.1. The second-order valence-electron chi connectivity index (χ2n) is 4.69. The van der Waals surface area contributed by atoms with Crippen molar-refractivity contribution in [2.45, 2.75) is 12.8 Å². The lowest BCUT2D eigenvalue weighted by Crippen LogP contribution is -2.07. The molecule has 1 N–H and O–H groups in total. The van der Waals surface area contributed by atoms with E-state index in [9.17, 15) is 9.59 Å². The molecule has 0 amide bonds. The zero-order valence-corrected chi connectivity index (χ0v) is 12.9. The number of benzene rings is 2. The molecule has 0 unspecified atom stereocenters. The third kappa shape index (κ3) is 8.88. The maximum Gasteiger partial charge on any atom is 0.310 e. The Morgan fingerprint density at radius 2 is 1.39 bits per heavy atom. The smallest absolute Gasteiger partial charge is 0.310 e. The van der Waals surface area contributed by atoms with Gasteiger partial charge in [-0.25, -0.2) is 0 Å². The zero-order chi connectivity index (χ0) is 16.9. The lowest BCUT2D eigenvalue weighted by atomic mass is 10.2. The summed E-state index contributed by atoms with van der Waals surface area (Å²) in [5, 5.41) is 8.37. The van der Waals surface area contributed by atoms with Gasteiger partial charge in [0.25, 0.3) is 0 Å². The van der Waals surface area contributed by atoms with Gasteiger partial charge in [-0.3, -0.25) is 9.59 Å². The average molecular weight is 312 g/mol. The first-order chi connectivity index (χ1) is 11.1. The van der Waals surface area contributed by atoms with Crippen molar-refractivity contribution in [3.8, 4) is 0 Å². The molecule has 120 valence electrons. The Morgan fingerprint density at radius 3 is 1.83 bits per heavy atom. The molecule has 0 fully saturated rings. The summed E-state index contributed by atoms with van der Waals surface area (Å²) in [4.78, 5) is 21.3. The predicted octanol–water partition coefficient (Wildman–Crippen LogP) is 3.27. The molecule has 0 saturated heterocycles. The van der Waals surface area contributed by atoms with Gasteiger partial charge in [0.1, 0.15) is 6.61 Å². The van der Waals surface area contributed by atoms with E-state index in [0.29, 0.717) is 6.42 Å². The maximum atomic E-state index is 11.1. The van der Waals surface area contributed by atoms with Gasteiger partial charge >= 0.3 is 11.9 Å². The second kappa shape index (κ2) is 10.8. The highest BCUT2D eigenvalue weighted by atomic mass is 16.5. The van der Waals surface area contributed by atoms with Crippen LogP contribution in [0.2, 0.25) is 0 Å². The number of carbonyl (C=O) groups is 2. The zero-order valence-electron chi connectivity index (χ0n) is 12.9. The van der Waals surface area contributed by atoms with Crippen LogP contribution >= 0.6 is 0 Å². The Bertz CT molecular complexity index is 606. The van der Waals surface area contributed by atoms with Crippen LogP contribution in [0.4, 0.5) is 0 Å². The van der Waals surface area contributed by atoms with Crippen molar-refractivity contribution in [2.75, 3.05) is 6.61 Å². The van der Waals surface area contributed by atoms with E-state index in [-0.39, 0.29) is 19.0 Å². The van der Waals surface area contributed by atoms with Gasteiger partial charge in [0.2, 0.25) is 0 Å². The molecule has 4 heteroatoms. The van der Waals surface area contributed by atoms with Gasteiger partial charge in [-0.2, -0.15) is 0 Å². The minimum absolute atomic E-state index is 0.112. The molecule has 23 heavy (non-hydrogen) atoms. The van der Waals surface area contributed by atoms with Crippen LogP contribution in [-0.2, 0) is 27.2 Å². The summed E-state index contributed by atoms with van der Waals surface area (Å²) in [5.41, 5.74) is 1.81. The van der Waals surface area contributed by atoms with Crippen molar-refractivity contribution in [1.82, 2.24) is 0 Å². The summed E-state index contributed by atoms with van der Waals surface area (Å²) >= 11 is 0. The van der Waals surface area contributed by atoms with Gasteiger partial charge in [0.05, 0.1) is 12.8 Å². The Hall–Kier alpha value is -2.88. The molecule has 0 aliphatic heterocycles. The first-order valence-corrected chi connectivity index (χ1v) is 7.18. The number of ether oxygens (including phenoxy) is 1. The molecular weight excluding hydrogens is 292 g/mol. The lowest BCUT2D eigenvalue weighted by molar-refractivity contribution is -0.141. The fourth-order valence-corrected chi connectivity index (χ4v) is 1.74. The summed E-state index contributed by atoms with van der Waals surface area (Å²) in [6.45, 7) is 3.75. The van der Waals surface area contributed by atoms with E-state index in [0.717, 1.165) is 11.1 Å². The van der Waals surface area contributed by atoms with Crippen LogP contribution < -0.4 is 0 Å². The van der Waals surface area contributed by atoms with Crippen LogP contribution in [0.25, 0.3) is 0 Å². The fraction of sp³-hybridized carbons (Fsp3) is 0.158. The Labute approximate surface area is 136 Å². The van der Waals surface area contributed by atoms with E-state index in [4.69, 9.17) is 9.84 Å². The number of aliphatic carboxylic acids is 1. The Kier molecular flexibility index (Phi) is 8.52. The molecule has 4 nitrogen and oxygen atoms in total. The largest absolute Gasteiger partial charge is 0.481 e. The topological polar surface area (TPSA) is 63.6 Å². The minimum Gasteiger partial charge on any atom is -0.481 e. The number of esters is 1. The van der Waals surface area contributed by atoms with E-state index < -0.39 is 5.97 Å². The molecule has 2 aromatic rings. The summed E-state index contributed by atoms with van der Waals surface area (Å²) in [7, 11) is 0. The van der Waals surface area contributed by atoms with Crippen molar-refractivity contribution < 1.29 is 19.4 Å². The highest BCUT2D eigenvalue weighted by molar-refractivity contribution is 5.72. The monoisotopic (exact) mass is 312 g/mol. The lowest BCUT2D eigenvalue weighted by Gasteiger charge is -2.00. The van der Waals surface area contributed by atoms with Crippen molar-refractivity contribution >= 4 is 11.9 Å². The number of carbonyl (C=O) groups excluding carboxylic acids is 1. The average Bonchev–Trinajstić information content (AvgIpc) is 2.55. The molecule has 0 aliphatic rings. The second-order valence-corrected chi connectivity index (χ2v) is 4.69. The van der Waals surface area contributed by atoms with Gasteiger partial charge in [0.15, 0.2) is 0 Å².